The maximum atomic E-state index is 12.9. The number of sulfonamides is 1. The summed E-state index contributed by atoms with van der Waals surface area (Å²) in [5.74, 6) is 0. The van der Waals surface area contributed by atoms with Gasteiger partial charge in [-0.15, -0.1) is 0 Å². The van der Waals surface area contributed by atoms with Gasteiger partial charge in [0.05, 0.1) is 0 Å². The van der Waals surface area contributed by atoms with Crippen molar-refractivity contribution < 1.29 is 13.5 Å². The lowest BCUT2D eigenvalue weighted by Crippen LogP contribution is -2.44. The van der Waals surface area contributed by atoms with Crippen LogP contribution in [0.4, 0.5) is 0 Å². The zero-order valence-electron chi connectivity index (χ0n) is 11.6. The highest BCUT2D eigenvalue weighted by Crippen LogP contribution is 2.28. The molecule has 0 amide bonds. The predicted octanol–water partition coefficient (Wildman–Crippen LogP) is 0.641. The Hall–Kier alpha value is -1.09. The summed E-state index contributed by atoms with van der Waals surface area (Å²) in [6.45, 7) is 0.407. The summed E-state index contributed by atoms with van der Waals surface area (Å²) in [7, 11) is -3.72. The summed E-state index contributed by atoms with van der Waals surface area (Å²) in [5, 5.41) is 9.14. The zero-order chi connectivity index (χ0) is 15.5. The van der Waals surface area contributed by atoms with E-state index in [1.165, 1.54) is 16.6 Å². The average molecular weight is 329 g/mol. The highest BCUT2D eigenvalue weighted by Gasteiger charge is 2.35. The number of hydrogen-bond donors (Lipinski definition) is 2. The second-order valence-electron chi connectivity index (χ2n) is 4.99. The van der Waals surface area contributed by atoms with Gasteiger partial charge in [0, 0.05) is 25.4 Å². The Morgan fingerprint density at radius 3 is 2.95 bits per heavy atom. The standard InChI is InChI=1S/C13H19N3O3S2/c14-13(20)12-11(5-3-7-15-12)21(18,19)16-8-2-1-4-10(16)6-9-17/h3,5,7,10,17H,1-2,4,6,8-9H2,(H2,14,20). The third-order valence-corrected chi connectivity index (χ3v) is 5.80. The molecule has 1 aromatic heterocycles. The smallest absolute Gasteiger partial charge is 0.245 e. The number of aliphatic hydroxyl groups is 1. The van der Waals surface area contributed by atoms with E-state index >= 15 is 0 Å². The van der Waals surface area contributed by atoms with Gasteiger partial charge in [-0.25, -0.2) is 8.42 Å². The van der Waals surface area contributed by atoms with Gasteiger partial charge >= 0.3 is 0 Å². The molecule has 3 N–H and O–H groups in total. The van der Waals surface area contributed by atoms with E-state index in [4.69, 9.17) is 23.1 Å². The number of piperidine rings is 1. The van der Waals surface area contributed by atoms with E-state index in [0.29, 0.717) is 13.0 Å². The highest BCUT2D eigenvalue weighted by molar-refractivity contribution is 7.89. The third-order valence-electron chi connectivity index (χ3n) is 3.63. The highest BCUT2D eigenvalue weighted by atomic mass is 32.2. The summed E-state index contributed by atoms with van der Waals surface area (Å²) in [5.41, 5.74) is 5.71. The Labute approximate surface area is 130 Å². The molecule has 1 unspecified atom stereocenters. The van der Waals surface area contributed by atoms with Gasteiger partial charge in [-0.1, -0.05) is 18.6 Å². The van der Waals surface area contributed by atoms with Gasteiger partial charge in [0.15, 0.2) is 0 Å². The number of thiocarbonyl (C=S) groups is 1. The fourth-order valence-corrected chi connectivity index (χ4v) is 4.75. The van der Waals surface area contributed by atoms with Crippen LogP contribution in [-0.4, -0.2) is 47.0 Å². The molecule has 21 heavy (non-hydrogen) atoms. The van der Waals surface area contributed by atoms with Gasteiger partial charge in [-0.05, 0) is 31.4 Å². The van der Waals surface area contributed by atoms with Crippen molar-refractivity contribution in [2.75, 3.05) is 13.2 Å². The lowest BCUT2D eigenvalue weighted by Gasteiger charge is -2.34. The molecule has 116 valence electrons. The van der Waals surface area contributed by atoms with Gasteiger partial charge in [0.25, 0.3) is 0 Å². The number of pyridine rings is 1. The average Bonchev–Trinajstić information content (AvgIpc) is 2.48. The topological polar surface area (TPSA) is 96.5 Å². The number of nitrogens with zero attached hydrogens (tertiary/aromatic N) is 2. The summed E-state index contributed by atoms with van der Waals surface area (Å²) < 4.78 is 27.2. The minimum absolute atomic E-state index is 0.0358. The maximum Gasteiger partial charge on any atom is 0.245 e. The zero-order valence-corrected chi connectivity index (χ0v) is 13.2. The predicted molar refractivity (Wildman–Crippen MR) is 83.4 cm³/mol. The molecule has 1 aromatic rings. The first kappa shape index (κ1) is 16.3. The van der Waals surface area contributed by atoms with Gasteiger partial charge in [0.1, 0.15) is 15.6 Å². The first-order chi connectivity index (χ1) is 9.98. The van der Waals surface area contributed by atoms with E-state index in [-0.39, 0.29) is 28.2 Å². The molecule has 0 bridgehead atoms. The lowest BCUT2D eigenvalue weighted by molar-refractivity contribution is 0.192. The molecule has 1 saturated heterocycles. The Morgan fingerprint density at radius 2 is 2.29 bits per heavy atom. The van der Waals surface area contributed by atoms with Crippen LogP contribution in [0.15, 0.2) is 23.2 Å². The Balaban J connectivity index is 2.43. The van der Waals surface area contributed by atoms with Gasteiger partial charge < -0.3 is 10.8 Å². The van der Waals surface area contributed by atoms with Crippen molar-refractivity contribution >= 4 is 27.2 Å². The van der Waals surface area contributed by atoms with E-state index in [1.54, 1.807) is 6.07 Å². The Kier molecular flexibility index (Phi) is 5.26. The molecule has 0 aliphatic carbocycles. The van der Waals surface area contributed by atoms with Crippen molar-refractivity contribution in [3.8, 4) is 0 Å². The molecule has 0 aromatic carbocycles. The van der Waals surface area contributed by atoms with Crippen LogP contribution in [0.1, 0.15) is 31.4 Å². The number of hydrogen-bond acceptors (Lipinski definition) is 5. The van der Waals surface area contributed by atoms with E-state index in [9.17, 15) is 8.42 Å². The third kappa shape index (κ3) is 3.39. The monoisotopic (exact) mass is 329 g/mol. The molecule has 2 rings (SSSR count). The van der Waals surface area contributed by atoms with Gasteiger partial charge in [0.2, 0.25) is 10.0 Å². The van der Waals surface area contributed by atoms with Crippen molar-refractivity contribution in [2.45, 2.75) is 36.6 Å². The molecule has 8 heteroatoms. The van der Waals surface area contributed by atoms with Crippen molar-refractivity contribution in [3.05, 3.63) is 24.0 Å². The molecule has 0 radical (unpaired) electrons. The second-order valence-corrected chi connectivity index (χ2v) is 7.29. The molecule has 1 atom stereocenters. The number of aromatic nitrogens is 1. The normalized spacial score (nSPS) is 20.3. The van der Waals surface area contributed by atoms with Crippen LogP contribution in [-0.2, 0) is 10.0 Å². The summed E-state index contributed by atoms with van der Waals surface area (Å²) >= 11 is 4.89. The van der Waals surface area contributed by atoms with E-state index in [1.807, 2.05) is 0 Å². The molecule has 1 aliphatic heterocycles. The first-order valence-corrected chi connectivity index (χ1v) is 8.71. The second kappa shape index (κ2) is 6.78. The largest absolute Gasteiger partial charge is 0.396 e. The molecule has 0 saturated carbocycles. The molecule has 6 nitrogen and oxygen atoms in total. The Bertz CT molecular complexity index is 617. The quantitative estimate of drug-likeness (QED) is 0.770. The van der Waals surface area contributed by atoms with E-state index < -0.39 is 10.0 Å². The molecular weight excluding hydrogens is 310 g/mol. The SMILES string of the molecule is NC(=S)c1ncccc1S(=O)(=O)N1CCCCC1CCO. The molecule has 1 aliphatic rings. The summed E-state index contributed by atoms with van der Waals surface area (Å²) in [6, 6.07) is 2.84. The minimum atomic E-state index is -3.72. The van der Waals surface area contributed by atoms with Crippen LogP contribution >= 0.6 is 12.2 Å². The fourth-order valence-electron chi connectivity index (χ4n) is 2.64. The summed E-state index contributed by atoms with van der Waals surface area (Å²) in [4.78, 5) is 4.00. The van der Waals surface area contributed by atoms with Crippen LogP contribution in [0.25, 0.3) is 0 Å². The molecular formula is C13H19N3O3S2. The van der Waals surface area contributed by atoms with E-state index in [2.05, 4.69) is 4.98 Å². The van der Waals surface area contributed by atoms with Crippen molar-refractivity contribution in [1.82, 2.24) is 9.29 Å². The van der Waals surface area contributed by atoms with Crippen LogP contribution in [0.5, 0.6) is 0 Å². The van der Waals surface area contributed by atoms with E-state index in [0.717, 1.165) is 19.3 Å². The number of aliphatic hydroxyl groups excluding tert-OH is 1. The minimum Gasteiger partial charge on any atom is -0.396 e. The van der Waals surface area contributed by atoms with Gasteiger partial charge in [-0.2, -0.15) is 4.31 Å². The van der Waals surface area contributed by atoms with Crippen LogP contribution in [0, 0.1) is 0 Å². The van der Waals surface area contributed by atoms with Crippen LogP contribution in [0.2, 0.25) is 0 Å². The summed E-state index contributed by atoms with van der Waals surface area (Å²) in [6.07, 6.45) is 4.43. The Morgan fingerprint density at radius 1 is 1.52 bits per heavy atom. The number of nitrogens with two attached hydrogens (primary N) is 1. The lowest BCUT2D eigenvalue weighted by atomic mass is 10.0. The molecule has 1 fully saturated rings. The van der Waals surface area contributed by atoms with Crippen molar-refractivity contribution in [3.63, 3.8) is 0 Å². The van der Waals surface area contributed by atoms with Crippen LogP contribution in [0.3, 0.4) is 0 Å². The number of rotatable bonds is 5. The van der Waals surface area contributed by atoms with Crippen LogP contribution < -0.4 is 5.73 Å². The maximum absolute atomic E-state index is 12.9. The van der Waals surface area contributed by atoms with Crippen molar-refractivity contribution in [1.29, 1.82) is 0 Å². The van der Waals surface area contributed by atoms with Gasteiger partial charge in [-0.3, -0.25) is 4.98 Å². The molecule has 2 heterocycles. The first-order valence-electron chi connectivity index (χ1n) is 6.86. The van der Waals surface area contributed by atoms with Crippen molar-refractivity contribution in [2.24, 2.45) is 5.73 Å². The fraction of sp³-hybridized carbons (Fsp3) is 0.538. The molecule has 0 spiro atoms.